The van der Waals surface area contributed by atoms with Gasteiger partial charge in [0.1, 0.15) is 0 Å². The molecule has 7 nitrogen and oxygen atoms in total. The number of aromatic nitrogens is 1. The van der Waals surface area contributed by atoms with E-state index in [-0.39, 0.29) is 11.6 Å². The number of rotatable bonds is 1. The molecule has 2 aromatic rings. The van der Waals surface area contributed by atoms with E-state index in [0.717, 1.165) is 5.71 Å². The Hall–Kier alpha value is -3.09. The lowest BCUT2D eigenvalue weighted by molar-refractivity contribution is -0.550. The Morgan fingerprint density at radius 2 is 2.24 bits per heavy atom. The highest BCUT2D eigenvalue weighted by Gasteiger charge is 2.43. The standard InChI is InChI=1S/C14H9N4O3/c15-13-9-3-1-2-4-10(9)16-14-17(13)11-6-5-8(18(19)20)7-12(11)21-14/h1-7,9,15H/q+1/p+1/t9-/m0/s1. The second kappa shape index (κ2) is 3.95. The number of hydrogen-bond acceptors (Lipinski definition) is 4. The molecular weight excluding hydrogens is 272 g/mol. The van der Waals surface area contributed by atoms with Crippen LogP contribution in [0, 0.1) is 16.0 Å². The normalized spacial score (nSPS) is 19.3. The molecule has 0 bridgehead atoms. The van der Waals surface area contributed by atoms with Crippen molar-refractivity contribution in [2.75, 3.05) is 0 Å². The third kappa shape index (κ3) is 1.57. The Morgan fingerprint density at radius 3 is 3.05 bits per heavy atom. The van der Waals surface area contributed by atoms with Gasteiger partial charge >= 0.3 is 11.9 Å². The maximum atomic E-state index is 10.8. The van der Waals surface area contributed by atoms with E-state index in [0.29, 0.717) is 22.9 Å². The lowest BCUT2D eigenvalue weighted by Gasteiger charge is -2.11. The van der Waals surface area contributed by atoms with Crippen LogP contribution in [0.15, 0.2) is 51.9 Å². The number of nitrogens with zero attached hydrogens (tertiary/aromatic N) is 3. The lowest BCUT2D eigenvalue weighted by atomic mass is 9.96. The van der Waals surface area contributed by atoms with Crippen LogP contribution in [-0.2, 0) is 0 Å². The molecule has 4 rings (SSSR count). The first-order chi connectivity index (χ1) is 10.1. The predicted molar refractivity (Wildman–Crippen MR) is 74.3 cm³/mol. The number of nitrogens with two attached hydrogens (primary N) is 1. The van der Waals surface area contributed by atoms with Crippen LogP contribution in [0.25, 0.3) is 11.1 Å². The molecule has 0 radical (unpaired) electrons. The van der Waals surface area contributed by atoms with Gasteiger partial charge in [0.2, 0.25) is 5.58 Å². The van der Waals surface area contributed by atoms with E-state index in [4.69, 9.17) is 9.83 Å². The van der Waals surface area contributed by atoms with Crippen molar-refractivity contribution < 1.29 is 19.3 Å². The molecule has 2 aliphatic rings. The maximum absolute atomic E-state index is 10.8. The molecule has 21 heavy (non-hydrogen) atoms. The molecule has 1 atom stereocenters. The first-order valence-electron chi connectivity index (χ1n) is 6.34. The SMILES string of the molecule is [NH2+]=C1[C@H]2C=CC=CC2=Nc2oc3cc([N+](=O)[O-])ccc3[n+]21. The summed E-state index contributed by atoms with van der Waals surface area (Å²) in [5.74, 6) is 0.465. The number of non-ortho nitro benzene ring substituents is 1. The van der Waals surface area contributed by atoms with Gasteiger partial charge in [0.15, 0.2) is 5.92 Å². The molecule has 2 heterocycles. The summed E-state index contributed by atoms with van der Waals surface area (Å²) in [6.07, 6.45) is 7.62. The zero-order valence-corrected chi connectivity index (χ0v) is 10.8. The van der Waals surface area contributed by atoms with Crippen molar-refractivity contribution in [1.29, 1.82) is 0 Å². The molecule has 102 valence electrons. The van der Waals surface area contributed by atoms with Gasteiger partial charge in [0, 0.05) is 12.1 Å². The number of benzene rings is 1. The number of allylic oxidation sites excluding steroid dienone is 4. The third-order valence-electron chi connectivity index (χ3n) is 3.59. The maximum Gasteiger partial charge on any atom is 0.495 e. The summed E-state index contributed by atoms with van der Waals surface area (Å²) in [5, 5.41) is 17.1. The Labute approximate surface area is 118 Å². The molecule has 0 amide bonds. The second-order valence-electron chi connectivity index (χ2n) is 4.81. The van der Waals surface area contributed by atoms with Crippen LogP contribution >= 0.6 is 0 Å². The summed E-state index contributed by atoms with van der Waals surface area (Å²) < 4.78 is 7.30. The van der Waals surface area contributed by atoms with Gasteiger partial charge in [-0.15, -0.1) is 0 Å². The van der Waals surface area contributed by atoms with Gasteiger partial charge < -0.3 is 4.42 Å². The van der Waals surface area contributed by atoms with Crippen LogP contribution in [0.1, 0.15) is 0 Å². The van der Waals surface area contributed by atoms with Crippen LogP contribution in [0.3, 0.4) is 0 Å². The van der Waals surface area contributed by atoms with Gasteiger partial charge in [-0.2, -0.15) is 4.99 Å². The van der Waals surface area contributed by atoms with Gasteiger partial charge in [-0.3, -0.25) is 10.1 Å². The van der Waals surface area contributed by atoms with Crippen molar-refractivity contribution in [3.8, 4) is 0 Å². The number of oxazole rings is 1. The Balaban J connectivity index is 1.98. The van der Waals surface area contributed by atoms with E-state index >= 15 is 0 Å². The Morgan fingerprint density at radius 1 is 1.38 bits per heavy atom. The molecule has 1 aliphatic carbocycles. The summed E-state index contributed by atoms with van der Waals surface area (Å²) in [4.78, 5) is 14.8. The Kier molecular flexibility index (Phi) is 2.20. The number of fused-ring (bicyclic) bond motifs is 4. The molecule has 1 aromatic carbocycles. The summed E-state index contributed by atoms with van der Waals surface area (Å²) in [5.41, 5.74) is 1.82. The van der Waals surface area contributed by atoms with Crippen molar-refractivity contribution in [2.45, 2.75) is 0 Å². The Bertz CT molecular complexity index is 904. The van der Waals surface area contributed by atoms with Gasteiger partial charge in [-0.05, 0) is 10.6 Å². The predicted octanol–water partition coefficient (Wildman–Crippen LogP) is 0.462. The van der Waals surface area contributed by atoms with E-state index in [2.05, 4.69) is 4.99 Å². The van der Waals surface area contributed by atoms with Crippen LogP contribution < -0.4 is 9.98 Å². The fraction of sp³-hybridized carbons (Fsp3) is 0.0714. The molecule has 0 unspecified atom stereocenters. The van der Waals surface area contributed by atoms with Crippen LogP contribution in [0.4, 0.5) is 11.7 Å². The average molecular weight is 282 g/mol. The molecule has 0 spiro atoms. The fourth-order valence-corrected chi connectivity index (χ4v) is 2.59. The highest BCUT2D eigenvalue weighted by atomic mass is 16.6. The van der Waals surface area contributed by atoms with E-state index in [9.17, 15) is 10.1 Å². The number of nitro benzene ring substituents is 1. The summed E-state index contributed by atoms with van der Waals surface area (Å²) >= 11 is 0. The van der Waals surface area contributed by atoms with E-state index in [1.807, 2.05) is 24.3 Å². The quantitative estimate of drug-likeness (QED) is 0.467. The van der Waals surface area contributed by atoms with Gasteiger partial charge in [0.25, 0.3) is 11.2 Å². The molecule has 0 saturated carbocycles. The molecule has 0 fully saturated rings. The van der Waals surface area contributed by atoms with E-state index < -0.39 is 4.92 Å². The minimum atomic E-state index is -0.462. The molecule has 1 aromatic heterocycles. The van der Waals surface area contributed by atoms with Crippen molar-refractivity contribution in [1.82, 2.24) is 0 Å². The number of hydrogen-bond donors (Lipinski definition) is 1. The molecule has 2 N–H and O–H groups in total. The van der Waals surface area contributed by atoms with E-state index in [1.165, 1.54) is 12.1 Å². The molecular formula is C14H10N4O3+2. The largest absolute Gasteiger partial charge is 0.495 e. The second-order valence-corrected chi connectivity index (χ2v) is 4.81. The summed E-state index contributed by atoms with van der Waals surface area (Å²) in [6, 6.07) is 4.75. The highest BCUT2D eigenvalue weighted by Crippen LogP contribution is 2.27. The van der Waals surface area contributed by atoms with E-state index in [1.54, 1.807) is 10.6 Å². The monoisotopic (exact) mass is 282 g/mol. The minimum Gasteiger partial charge on any atom is -0.381 e. The van der Waals surface area contributed by atoms with Gasteiger partial charge in [0.05, 0.1) is 16.7 Å². The highest BCUT2D eigenvalue weighted by molar-refractivity contribution is 6.12. The van der Waals surface area contributed by atoms with Crippen molar-refractivity contribution in [2.24, 2.45) is 10.9 Å². The molecule has 1 aliphatic heterocycles. The zero-order valence-electron chi connectivity index (χ0n) is 10.8. The first kappa shape index (κ1) is 11.7. The summed E-state index contributed by atoms with van der Waals surface area (Å²) in [6.45, 7) is 0. The minimum absolute atomic E-state index is 0.0300. The van der Waals surface area contributed by atoms with Crippen LogP contribution in [0.2, 0.25) is 0 Å². The van der Waals surface area contributed by atoms with Crippen molar-refractivity contribution >= 4 is 34.3 Å². The van der Waals surface area contributed by atoms with Crippen LogP contribution in [-0.4, -0.2) is 16.5 Å². The first-order valence-corrected chi connectivity index (χ1v) is 6.34. The lowest BCUT2D eigenvalue weighted by Crippen LogP contribution is -2.65. The van der Waals surface area contributed by atoms with Crippen LogP contribution in [0.5, 0.6) is 0 Å². The fourth-order valence-electron chi connectivity index (χ4n) is 2.59. The molecule has 7 heteroatoms. The van der Waals surface area contributed by atoms with Gasteiger partial charge in [-0.25, -0.2) is 5.41 Å². The average Bonchev–Trinajstić information content (AvgIpc) is 2.84. The smallest absolute Gasteiger partial charge is 0.381 e. The summed E-state index contributed by atoms with van der Waals surface area (Å²) in [7, 11) is 0. The van der Waals surface area contributed by atoms with Crippen molar-refractivity contribution in [3.05, 3.63) is 52.6 Å². The van der Waals surface area contributed by atoms with Gasteiger partial charge in [-0.1, -0.05) is 18.2 Å². The number of aliphatic imine (C=N–C) groups is 1. The third-order valence-corrected chi connectivity index (χ3v) is 3.59. The number of nitro groups is 1. The topological polar surface area (TPSA) is 98.1 Å². The molecule has 0 saturated heterocycles. The van der Waals surface area contributed by atoms with Crippen molar-refractivity contribution in [3.63, 3.8) is 0 Å². The zero-order chi connectivity index (χ0) is 14.6.